The predicted molar refractivity (Wildman–Crippen MR) is 82.1 cm³/mol. The molecule has 2 N–H and O–H groups in total. The van der Waals surface area contributed by atoms with E-state index in [0.717, 1.165) is 32.4 Å². The molecule has 0 aliphatic carbocycles. The van der Waals surface area contributed by atoms with E-state index in [2.05, 4.69) is 4.98 Å². The standard InChI is InChI=1S/C16H13FN2S/c1-10-15(11-2-6-13(17)7-3-11)19-16(20-10)12-4-8-14(18)9-5-12/h2-9H,18H2,1H3. The first kappa shape index (κ1) is 12.8. The van der Waals surface area contributed by atoms with Crippen LogP contribution in [0.1, 0.15) is 4.88 Å². The van der Waals surface area contributed by atoms with E-state index in [9.17, 15) is 4.39 Å². The zero-order valence-electron chi connectivity index (χ0n) is 10.9. The second-order valence-corrected chi connectivity index (χ2v) is 5.76. The van der Waals surface area contributed by atoms with Gasteiger partial charge in [-0.1, -0.05) is 0 Å². The summed E-state index contributed by atoms with van der Waals surface area (Å²) in [7, 11) is 0. The molecule has 0 bridgehead atoms. The lowest BCUT2D eigenvalue weighted by Gasteiger charge is -1.98. The molecule has 2 nitrogen and oxygen atoms in total. The SMILES string of the molecule is Cc1sc(-c2ccc(N)cc2)nc1-c1ccc(F)cc1. The Hall–Kier alpha value is -2.20. The van der Waals surface area contributed by atoms with Crippen molar-refractivity contribution in [2.75, 3.05) is 5.73 Å². The van der Waals surface area contributed by atoms with E-state index in [1.807, 2.05) is 31.2 Å². The first-order valence-corrected chi connectivity index (χ1v) is 7.04. The van der Waals surface area contributed by atoms with Gasteiger partial charge in [-0.2, -0.15) is 0 Å². The van der Waals surface area contributed by atoms with Crippen LogP contribution in [0.4, 0.5) is 10.1 Å². The van der Waals surface area contributed by atoms with Gasteiger partial charge in [-0.05, 0) is 55.5 Å². The lowest BCUT2D eigenvalue weighted by molar-refractivity contribution is 0.628. The van der Waals surface area contributed by atoms with Gasteiger partial charge in [-0.3, -0.25) is 0 Å². The van der Waals surface area contributed by atoms with E-state index in [0.29, 0.717) is 0 Å². The van der Waals surface area contributed by atoms with Crippen LogP contribution < -0.4 is 5.73 Å². The van der Waals surface area contributed by atoms with Gasteiger partial charge in [0.15, 0.2) is 0 Å². The summed E-state index contributed by atoms with van der Waals surface area (Å²) in [6.07, 6.45) is 0. The fourth-order valence-electron chi connectivity index (χ4n) is 2.02. The molecular weight excluding hydrogens is 271 g/mol. The molecule has 0 amide bonds. The van der Waals surface area contributed by atoms with Crippen LogP contribution in [0.5, 0.6) is 0 Å². The first-order chi connectivity index (χ1) is 9.63. The number of nitrogens with two attached hydrogens (primary N) is 1. The summed E-state index contributed by atoms with van der Waals surface area (Å²) in [5.74, 6) is -0.236. The summed E-state index contributed by atoms with van der Waals surface area (Å²) >= 11 is 1.63. The Morgan fingerprint density at radius 3 is 2.20 bits per heavy atom. The number of rotatable bonds is 2. The van der Waals surface area contributed by atoms with Crippen molar-refractivity contribution in [3.63, 3.8) is 0 Å². The van der Waals surface area contributed by atoms with Gasteiger partial charge in [0.05, 0.1) is 5.69 Å². The minimum Gasteiger partial charge on any atom is -0.399 e. The second kappa shape index (κ2) is 5.06. The number of thiazole rings is 1. The molecule has 0 aliphatic rings. The quantitative estimate of drug-likeness (QED) is 0.703. The first-order valence-electron chi connectivity index (χ1n) is 6.23. The molecule has 0 unspecified atom stereocenters. The molecule has 1 heterocycles. The average molecular weight is 284 g/mol. The number of benzene rings is 2. The Bertz CT molecular complexity index is 730. The second-order valence-electron chi connectivity index (χ2n) is 4.55. The van der Waals surface area contributed by atoms with E-state index in [1.165, 1.54) is 12.1 Å². The molecule has 4 heteroatoms. The maximum Gasteiger partial charge on any atom is 0.124 e. The Kier molecular flexibility index (Phi) is 3.24. The van der Waals surface area contributed by atoms with Gasteiger partial charge in [0.2, 0.25) is 0 Å². The Labute approximate surface area is 120 Å². The number of halogens is 1. The molecule has 0 fully saturated rings. The van der Waals surface area contributed by atoms with Crippen LogP contribution in [0.2, 0.25) is 0 Å². The molecule has 0 aliphatic heterocycles. The van der Waals surface area contributed by atoms with E-state index < -0.39 is 0 Å². The topological polar surface area (TPSA) is 38.9 Å². The molecule has 1 aromatic heterocycles. The van der Waals surface area contributed by atoms with Crippen LogP contribution in [-0.2, 0) is 0 Å². The normalized spacial score (nSPS) is 10.7. The average Bonchev–Trinajstić information content (AvgIpc) is 2.82. The molecule has 0 atom stereocenters. The zero-order chi connectivity index (χ0) is 14.1. The van der Waals surface area contributed by atoms with E-state index in [1.54, 1.807) is 23.5 Å². The number of aryl methyl sites for hydroxylation is 1. The van der Waals surface area contributed by atoms with Gasteiger partial charge < -0.3 is 5.73 Å². The molecule has 100 valence electrons. The van der Waals surface area contributed by atoms with Crippen molar-refractivity contribution in [2.24, 2.45) is 0 Å². The van der Waals surface area contributed by atoms with Crippen molar-refractivity contribution in [1.82, 2.24) is 4.98 Å². The summed E-state index contributed by atoms with van der Waals surface area (Å²) in [6, 6.07) is 14.1. The smallest absolute Gasteiger partial charge is 0.124 e. The third-order valence-electron chi connectivity index (χ3n) is 3.07. The van der Waals surface area contributed by atoms with Crippen LogP contribution in [0.15, 0.2) is 48.5 Å². The maximum absolute atomic E-state index is 13.0. The van der Waals surface area contributed by atoms with Crippen molar-refractivity contribution in [3.8, 4) is 21.8 Å². The number of aromatic nitrogens is 1. The molecule has 0 radical (unpaired) electrons. The Balaban J connectivity index is 2.02. The number of hydrogen-bond acceptors (Lipinski definition) is 3. The van der Waals surface area contributed by atoms with E-state index >= 15 is 0 Å². The van der Waals surface area contributed by atoms with Crippen molar-refractivity contribution in [3.05, 3.63) is 59.2 Å². The number of anilines is 1. The molecule has 0 saturated heterocycles. The molecule has 2 aromatic carbocycles. The summed E-state index contributed by atoms with van der Waals surface area (Å²) in [4.78, 5) is 5.78. The summed E-state index contributed by atoms with van der Waals surface area (Å²) < 4.78 is 13.0. The summed E-state index contributed by atoms with van der Waals surface area (Å²) in [5.41, 5.74) is 9.31. The fourth-order valence-corrected chi connectivity index (χ4v) is 2.96. The largest absolute Gasteiger partial charge is 0.399 e. The highest BCUT2D eigenvalue weighted by Crippen LogP contribution is 2.33. The van der Waals surface area contributed by atoms with Crippen molar-refractivity contribution in [2.45, 2.75) is 6.92 Å². The molecule has 0 spiro atoms. The van der Waals surface area contributed by atoms with Crippen LogP contribution in [-0.4, -0.2) is 4.98 Å². The van der Waals surface area contributed by atoms with E-state index in [4.69, 9.17) is 5.73 Å². The fraction of sp³-hybridized carbons (Fsp3) is 0.0625. The van der Waals surface area contributed by atoms with Crippen molar-refractivity contribution in [1.29, 1.82) is 0 Å². The van der Waals surface area contributed by atoms with Gasteiger partial charge in [0.1, 0.15) is 10.8 Å². The molecular formula is C16H13FN2S. The predicted octanol–water partition coefficient (Wildman–Crippen LogP) is 4.51. The number of hydrogen-bond donors (Lipinski definition) is 1. The monoisotopic (exact) mass is 284 g/mol. The Morgan fingerprint density at radius 1 is 0.950 bits per heavy atom. The van der Waals surface area contributed by atoms with Gasteiger partial charge in [-0.15, -0.1) is 11.3 Å². The highest BCUT2D eigenvalue weighted by atomic mass is 32.1. The third kappa shape index (κ3) is 2.42. The van der Waals surface area contributed by atoms with Crippen LogP contribution >= 0.6 is 11.3 Å². The highest BCUT2D eigenvalue weighted by Gasteiger charge is 2.11. The number of nitrogens with zero attached hydrogens (tertiary/aromatic N) is 1. The lowest BCUT2D eigenvalue weighted by Crippen LogP contribution is -1.84. The van der Waals surface area contributed by atoms with Gasteiger partial charge in [-0.25, -0.2) is 9.37 Å². The minimum atomic E-state index is -0.236. The molecule has 3 rings (SSSR count). The van der Waals surface area contributed by atoms with Crippen LogP contribution in [0.3, 0.4) is 0 Å². The van der Waals surface area contributed by atoms with Gasteiger partial charge in [0.25, 0.3) is 0 Å². The molecule has 3 aromatic rings. The molecule has 0 saturated carbocycles. The summed E-state index contributed by atoms with van der Waals surface area (Å²) in [6.45, 7) is 2.02. The zero-order valence-corrected chi connectivity index (χ0v) is 11.7. The molecule has 20 heavy (non-hydrogen) atoms. The van der Waals surface area contributed by atoms with Crippen molar-refractivity contribution >= 4 is 17.0 Å². The van der Waals surface area contributed by atoms with Gasteiger partial charge in [0, 0.05) is 21.7 Å². The van der Waals surface area contributed by atoms with Gasteiger partial charge >= 0.3 is 0 Å². The van der Waals surface area contributed by atoms with E-state index in [-0.39, 0.29) is 5.82 Å². The van der Waals surface area contributed by atoms with Crippen LogP contribution in [0, 0.1) is 12.7 Å². The summed E-state index contributed by atoms with van der Waals surface area (Å²) in [5, 5.41) is 0.946. The number of nitrogen functional groups attached to an aromatic ring is 1. The third-order valence-corrected chi connectivity index (χ3v) is 4.09. The Morgan fingerprint density at radius 2 is 1.55 bits per heavy atom. The highest BCUT2D eigenvalue weighted by molar-refractivity contribution is 7.15. The van der Waals surface area contributed by atoms with Crippen LogP contribution in [0.25, 0.3) is 21.8 Å². The lowest BCUT2D eigenvalue weighted by atomic mass is 10.1. The minimum absolute atomic E-state index is 0.236. The maximum atomic E-state index is 13.0. The van der Waals surface area contributed by atoms with Crippen molar-refractivity contribution < 1.29 is 4.39 Å².